The van der Waals surface area contributed by atoms with Gasteiger partial charge in [0, 0.05) is 0 Å². The third-order valence-electron chi connectivity index (χ3n) is 11.6. The Bertz CT molecular complexity index is 959. The predicted octanol–water partition coefficient (Wildman–Crippen LogP) is 8.26. The monoisotopic (exact) mass is 558 g/mol. The smallest absolute Gasteiger partial charge is 0.390 e. The highest BCUT2D eigenvalue weighted by Gasteiger charge is 2.86. The Hall–Kier alpha value is -0.880. The van der Waals surface area contributed by atoms with Gasteiger partial charge in [-0.2, -0.15) is 52.7 Å². The fourth-order valence-electron chi connectivity index (χ4n) is 11.4. The molecule has 8 aliphatic rings. The van der Waals surface area contributed by atoms with E-state index in [0.29, 0.717) is 0 Å². The van der Waals surface area contributed by atoms with Gasteiger partial charge in [0.1, 0.15) is 0 Å². The Kier molecular flexibility index (Phi) is 4.54. The summed E-state index contributed by atoms with van der Waals surface area (Å²) >= 11 is 0. The van der Waals surface area contributed by atoms with Gasteiger partial charge in [-0.25, -0.2) is 0 Å². The van der Waals surface area contributed by atoms with Crippen molar-refractivity contribution in [2.45, 2.75) is 107 Å². The van der Waals surface area contributed by atoms with E-state index in [4.69, 9.17) is 0 Å². The van der Waals surface area contributed by atoms with Crippen LogP contribution in [0.2, 0.25) is 0 Å². The van der Waals surface area contributed by atoms with Crippen LogP contribution in [-0.4, -0.2) is 35.4 Å². The summed E-state index contributed by atoms with van der Waals surface area (Å²) in [7, 11) is 0. The van der Waals surface area contributed by atoms with Crippen LogP contribution in [0, 0.1) is 38.4 Å². The van der Waals surface area contributed by atoms with Crippen molar-refractivity contribution >= 4 is 0 Å². The second-order valence-electron chi connectivity index (χ2n) is 14.0. The minimum absolute atomic E-state index is 0.277. The van der Waals surface area contributed by atoms with Crippen LogP contribution in [0.1, 0.15) is 77.0 Å². The summed E-state index contributed by atoms with van der Waals surface area (Å²) < 4.78 is 175. The van der Waals surface area contributed by atoms with E-state index in [1.54, 1.807) is 0 Å². The van der Waals surface area contributed by atoms with E-state index in [0.717, 1.165) is 0 Å². The first-order valence-corrected chi connectivity index (χ1v) is 12.4. The lowest BCUT2D eigenvalue weighted by Crippen LogP contribution is -2.76. The van der Waals surface area contributed by atoms with Crippen molar-refractivity contribution in [3.05, 3.63) is 0 Å². The van der Waals surface area contributed by atoms with E-state index in [1.165, 1.54) is 0 Å². The van der Waals surface area contributed by atoms with Gasteiger partial charge in [-0.1, -0.05) is 0 Å². The maximum Gasteiger partial charge on any atom is 0.394 e. The summed E-state index contributed by atoms with van der Waals surface area (Å²) in [5, 5.41) is 11.2. The lowest BCUT2D eigenvalue weighted by Gasteiger charge is -2.78. The van der Waals surface area contributed by atoms with Crippen LogP contribution < -0.4 is 0 Å². The third-order valence-corrected chi connectivity index (χ3v) is 11.6. The van der Waals surface area contributed by atoms with Gasteiger partial charge < -0.3 is 5.11 Å². The van der Waals surface area contributed by atoms with Crippen LogP contribution in [-0.2, 0) is 0 Å². The Morgan fingerprint density at radius 2 is 0.757 bits per heavy atom. The van der Waals surface area contributed by atoms with Crippen molar-refractivity contribution in [3.8, 4) is 0 Å². The van der Waals surface area contributed by atoms with E-state index in [9.17, 15) is 57.8 Å². The van der Waals surface area contributed by atoms with Gasteiger partial charge in [-0.05, 0) is 93.8 Å². The number of aliphatic hydroxyl groups is 1. The van der Waals surface area contributed by atoms with Crippen LogP contribution in [0.5, 0.6) is 0 Å². The average Bonchev–Trinajstić information content (AvgIpc) is 2.61. The van der Waals surface area contributed by atoms with Crippen molar-refractivity contribution in [1.82, 2.24) is 0 Å². The first-order valence-electron chi connectivity index (χ1n) is 12.4. The van der Waals surface area contributed by atoms with Crippen molar-refractivity contribution in [2.75, 3.05) is 0 Å². The largest absolute Gasteiger partial charge is 0.394 e. The molecule has 0 saturated heterocycles. The van der Waals surface area contributed by atoms with Crippen LogP contribution in [0.4, 0.5) is 52.7 Å². The zero-order valence-electron chi connectivity index (χ0n) is 19.5. The quantitative estimate of drug-likeness (QED) is 0.322. The molecular weight excluding hydrogens is 532 g/mol. The van der Waals surface area contributed by atoms with E-state index in [-0.39, 0.29) is 6.42 Å². The molecule has 0 spiro atoms. The molecule has 0 radical (unpaired) electrons. The van der Waals surface area contributed by atoms with E-state index >= 15 is 0 Å². The highest BCUT2D eigenvalue weighted by Crippen LogP contribution is 2.86. The third kappa shape index (κ3) is 3.01. The number of hydrogen-bond donors (Lipinski definition) is 1. The average molecular weight is 558 g/mol. The Morgan fingerprint density at radius 1 is 0.405 bits per heavy atom. The molecule has 212 valence electrons. The standard InChI is InChI=1S/C24H26F12O/c25-21(26,27)15-2-13-1-14(4-15,5-16(3-13,6-15)22(28,29)30)17-7-18(23(31,32)33)9-19(8-17,24(34,35)36)12-20(37,10-17)11-18/h13,37H,1-12H2. The van der Waals surface area contributed by atoms with Crippen molar-refractivity contribution in [1.29, 1.82) is 0 Å². The predicted molar refractivity (Wildman–Crippen MR) is 103 cm³/mol. The van der Waals surface area contributed by atoms with Crippen molar-refractivity contribution in [2.24, 2.45) is 38.4 Å². The zero-order chi connectivity index (χ0) is 27.6. The van der Waals surface area contributed by atoms with E-state index in [2.05, 4.69) is 0 Å². The topological polar surface area (TPSA) is 20.2 Å². The minimum Gasteiger partial charge on any atom is -0.390 e. The van der Waals surface area contributed by atoms with Crippen LogP contribution in [0.3, 0.4) is 0 Å². The molecule has 8 aliphatic carbocycles. The molecule has 0 aromatic carbocycles. The SMILES string of the molecule is OC12CC3(C(F)(F)F)CC(C(F)(F)F)(C1)CC(C14CC5CC(C(F)(F)F)(CC(C(F)(F)F)(C5)C1)C4)(C2)C3. The van der Waals surface area contributed by atoms with Crippen LogP contribution in [0.15, 0.2) is 0 Å². The molecule has 0 aliphatic heterocycles. The molecule has 0 aromatic rings. The highest BCUT2D eigenvalue weighted by molar-refractivity contribution is 5.28. The molecule has 13 heteroatoms. The number of hydrogen-bond acceptors (Lipinski definition) is 1. The van der Waals surface area contributed by atoms with Crippen molar-refractivity contribution in [3.63, 3.8) is 0 Å². The fourth-order valence-corrected chi connectivity index (χ4v) is 11.4. The maximum absolute atomic E-state index is 14.6. The second-order valence-corrected chi connectivity index (χ2v) is 14.0. The van der Waals surface area contributed by atoms with Crippen LogP contribution >= 0.6 is 0 Å². The Balaban J connectivity index is 1.59. The Labute approximate surface area is 204 Å². The van der Waals surface area contributed by atoms with Crippen molar-refractivity contribution < 1.29 is 57.8 Å². The van der Waals surface area contributed by atoms with Crippen LogP contribution in [0.25, 0.3) is 0 Å². The summed E-state index contributed by atoms with van der Waals surface area (Å²) in [6.07, 6.45) is -31.2. The lowest BCUT2D eigenvalue weighted by atomic mass is 9.27. The van der Waals surface area contributed by atoms with Gasteiger partial charge in [-0.15, -0.1) is 0 Å². The van der Waals surface area contributed by atoms with Gasteiger partial charge >= 0.3 is 24.7 Å². The summed E-state index contributed by atoms with van der Waals surface area (Å²) in [6.45, 7) is 0. The molecule has 37 heavy (non-hydrogen) atoms. The highest BCUT2D eigenvalue weighted by atomic mass is 19.4. The molecule has 0 amide bonds. The molecule has 4 atom stereocenters. The molecule has 4 unspecified atom stereocenters. The molecule has 8 fully saturated rings. The van der Waals surface area contributed by atoms with Gasteiger partial charge in [0.25, 0.3) is 0 Å². The minimum atomic E-state index is -5.21. The molecule has 1 nitrogen and oxygen atoms in total. The Morgan fingerprint density at radius 3 is 1.14 bits per heavy atom. The molecule has 0 heterocycles. The number of alkyl halides is 12. The van der Waals surface area contributed by atoms with Gasteiger partial charge in [-0.3, -0.25) is 0 Å². The fraction of sp³-hybridized carbons (Fsp3) is 1.00. The summed E-state index contributed by atoms with van der Waals surface area (Å²) in [5.74, 6) is -1.12. The van der Waals surface area contributed by atoms with Gasteiger partial charge in [0.2, 0.25) is 0 Å². The molecule has 1 N–H and O–H groups in total. The summed E-state index contributed by atoms with van der Waals surface area (Å²) in [6, 6.07) is 0. The molecule has 8 bridgehead atoms. The first kappa shape index (κ1) is 26.3. The number of halogens is 12. The normalized spacial score (nSPS) is 53.3. The zero-order valence-corrected chi connectivity index (χ0v) is 19.5. The van der Waals surface area contributed by atoms with Gasteiger partial charge in [0.05, 0.1) is 27.3 Å². The molecule has 8 rings (SSSR count). The van der Waals surface area contributed by atoms with Gasteiger partial charge in [0.15, 0.2) is 0 Å². The molecular formula is C24H26F12O. The first-order chi connectivity index (χ1) is 16.4. The molecule has 0 aromatic heterocycles. The summed E-state index contributed by atoms with van der Waals surface area (Å²) in [5.41, 5.74) is -18.4. The summed E-state index contributed by atoms with van der Waals surface area (Å²) in [4.78, 5) is 0. The number of rotatable bonds is 1. The van der Waals surface area contributed by atoms with E-state index in [1.807, 2.05) is 0 Å². The van der Waals surface area contributed by atoms with E-state index < -0.39 is 139 Å². The second kappa shape index (κ2) is 6.37. The maximum atomic E-state index is 14.6. The molecule has 8 saturated carbocycles. The lowest BCUT2D eigenvalue weighted by molar-refractivity contribution is -0.415.